The summed E-state index contributed by atoms with van der Waals surface area (Å²) in [5, 5.41) is 0. The maximum atomic E-state index is 13.2. The molecular formula is C36H30N2O2. The first-order chi connectivity index (χ1) is 19.4. The number of hydrogen-bond acceptors (Lipinski definition) is 3. The number of hydrogen-bond donors (Lipinski definition) is 0. The Hall–Kier alpha value is -4.96. The van der Waals surface area contributed by atoms with E-state index >= 15 is 0 Å². The first-order valence-electron chi connectivity index (χ1n) is 13.4. The molecule has 1 aliphatic carbocycles. The molecule has 4 heteroatoms. The van der Waals surface area contributed by atoms with Gasteiger partial charge in [-0.2, -0.15) is 0 Å². The molecule has 1 aliphatic rings. The summed E-state index contributed by atoms with van der Waals surface area (Å²) >= 11 is 0. The highest BCUT2D eigenvalue weighted by Crippen LogP contribution is 2.50. The summed E-state index contributed by atoms with van der Waals surface area (Å²) < 4.78 is 0. The van der Waals surface area contributed by atoms with E-state index in [-0.39, 0.29) is 5.41 Å². The van der Waals surface area contributed by atoms with Crippen molar-refractivity contribution >= 4 is 34.9 Å². The van der Waals surface area contributed by atoms with Crippen molar-refractivity contribution in [2.75, 3.05) is 16.8 Å². The van der Waals surface area contributed by atoms with Crippen LogP contribution in [0.15, 0.2) is 121 Å². The Bertz CT molecular complexity index is 1720. The molecule has 0 atom stereocenters. The lowest BCUT2D eigenvalue weighted by Crippen LogP contribution is -2.29. The SMILES string of the molecule is CN(c1ccc(-c2ccccc2)cc1)c1ccccc1N(C(=O)C=O)c1ccc2c(c1)C(C)(C)c1ccccc1-2. The Morgan fingerprint density at radius 2 is 1.20 bits per heavy atom. The third-order valence-corrected chi connectivity index (χ3v) is 7.99. The molecule has 6 rings (SSSR count). The monoisotopic (exact) mass is 522 g/mol. The third kappa shape index (κ3) is 4.18. The average molecular weight is 523 g/mol. The second kappa shape index (κ2) is 9.97. The lowest BCUT2D eigenvalue weighted by Gasteiger charge is -2.29. The summed E-state index contributed by atoms with van der Waals surface area (Å²) in [7, 11) is 1.97. The zero-order valence-electron chi connectivity index (χ0n) is 22.8. The Kier molecular flexibility index (Phi) is 6.31. The fourth-order valence-corrected chi connectivity index (χ4v) is 5.85. The maximum Gasteiger partial charge on any atom is 0.295 e. The van der Waals surface area contributed by atoms with Gasteiger partial charge in [0, 0.05) is 23.8 Å². The van der Waals surface area contributed by atoms with Crippen LogP contribution < -0.4 is 9.80 Å². The van der Waals surface area contributed by atoms with Gasteiger partial charge in [0.1, 0.15) is 0 Å². The molecule has 5 aromatic rings. The second-order valence-corrected chi connectivity index (χ2v) is 10.7. The van der Waals surface area contributed by atoms with Crippen LogP contribution in [0.2, 0.25) is 0 Å². The number of aldehydes is 1. The predicted octanol–water partition coefficient (Wildman–Crippen LogP) is 8.29. The standard InChI is InChI=1S/C36H30N2O2/c1-36(2)31-14-8-7-13-29(31)30-22-21-28(23-32(30)36)38(35(40)24-39)34-16-10-9-15-33(34)37(3)27-19-17-26(18-20-27)25-11-5-4-6-12-25/h4-24H,1-3H3. The van der Waals surface area contributed by atoms with E-state index in [9.17, 15) is 9.59 Å². The Balaban J connectivity index is 1.41. The zero-order chi connectivity index (χ0) is 27.9. The summed E-state index contributed by atoms with van der Waals surface area (Å²) in [6.45, 7) is 4.41. The predicted molar refractivity (Wildman–Crippen MR) is 164 cm³/mol. The number of nitrogens with zero attached hydrogens (tertiary/aromatic N) is 2. The van der Waals surface area contributed by atoms with Gasteiger partial charge in [0.05, 0.1) is 11.4 Å². The topological polar surface area (TPSA) is 40.6 Å². The van der Waals surface area contributed by atoms with Gasteiger partial charge < -0.3 is 4.90 Å². The van der Waals surface area contributed by atoms with E-state index in [1.54, 1.807) is 0 Å². The number of benzene rings is 5. The van der Waals surface area contributed by atoms with Crippen molar-refractivity contribution in [1.29, 1.82) is 0 Å². The molecule has 0 N–H and O–H groups in total. The molecule has 0 bridgehead atoms. The van der Waals surface area contributed by atoms with Gasteiger partial charge in [-0.3, -0.25) is 14.5 Å². The molecule has 0 saturated heterocycles. The first kappa shape index (κ1) is 25.3. The van der Waals surface area contributed by atoms with Gasteiger partial charge in [0.25, 0.3) is 5.91 Å². The van der Waals surface area contributed by atoms with Gasteiger partial charge in [0.2, 0.25) is 6.29 Å². The van der Waals surface area contributed by atoms with Crippen LogP contribution in [0, 0.1) is 0 Å². The van der Waals surface area contributed by atoms with Crippen LogP contribution in [0.5, 0.6) is 0 Å². The minimum Gasteiger partial charge on any atom is -0.343 e. The van der Waals surface area contributed by atoms with E-state index in [0.717, 1.165) is 33.6 Å². The summed E-state index contributed by atoms with van der Waals surface area (Å²) in [5.74, 6) is -0.617. The molecule has 1 amide bonds. The van der Waals surface area contributed by atoms with Crippen molar-refractivity contribution < 1.29 is 9.59 Å². The minimum atomic E-state index is -0.617. The normalized spacial score (nSPS) is 12.8. The Morgan fingerprint density at radius 3 is 1.93 bits per heavy atom. The molecule has 0 unspecified atom stereocenters. The van der Waals surface area contributed by atoms with Gasteiger partial charge >= 0.3 is 0 Å². The van der Waals surface area contributed by atoms with Crippen molar-refractivity contribution in [2.24, 2.45) is 0 Å². The lowest BCUT2D eigenvalue weighted by molar-refractivity contribution is -0.129. The molecule has 0 spiro atoms. The highest BCUT2D eigenvalue weighted by Gasteiger charge is 2.36. The average Bonchev–Trinajstić information content (AvgIpc) is 3.23. The van der Waals surface area contributed by atoms with Crippen LogP contribution in [0.1, 0.15) is 25.0 Å². The summed E-state index contributed by atoms with van der Waals surface area (Å²) in [4.78, 5) is 28.8. The van der Waals surface area contributed by atoms with Gasteiger partial charge in [-0.1, -0.05) is 98.8 Å². The smallest absolute Gasteiger partial charge is 0.295 e. The fourth-order valence-electron chi connectivity index (χ4n) is 5.85. The largest absolute Gasteiger partial charge is 0.343 e. The van der Waals surface area contributed by atoms with Crippen molar-refractivity contribution in [3.8, 4) is 22.3 Å². The molecule has 0 aromatic heterocycles. The van der Waals surface area contributed by atoms with E-state index in [2.05, 4.69) is 86.6 Å². The third-order valence-electron chi connectivity index (χ3n) is 7.99. The van der Waals surface area contributed by atoms with Crippen LogP contribution in [0.25, 0.3) is 22.3 Å². The molecule has 0 heterocycles. The fraction of sp³-hybridized carbons (Fsp3) is 0.111. The molecule has 0 saturated carbocycles. The molecule has 0 radical (unpaired) electrons. The van der Waals surface area contributed by atoms with Crippen molar-refractivity contribution in [1.82, 2.24) is 0 Å². The van der Waals surface area contributed by atoms with E-state index in [1.807, 2.05) is 60.5 Å². The van der Waals surface area contributed by atoms with Crippen LogP contribution >= 0.6 is 0 Å². The molecular weight excluding hydrogens is 492 g/mol. The number of anilines is 4. The first-order valence-corrected chi connectivity index (χ1v) is 13.4. The van der Waals surface area contributed by atoms with Crippen molar-refractivity contribution in [2.45, 2.75) is 19.3 Å². The quantitative estimate of drug-likeness (QED) is 0.166. The number of para-hydroxylation sites is 2. The molecule has 0 fully saturated rings. The van der Waals surface area contributed by atoms with E-state index in [1.165, 1.54) is 16.0 Å². The van der Waals surface area contributed by atoms with Crippen LogP contribution in [0.3, 0.4) is 0 Å². The highest BCUT2D eigenvalue weighted by molar-refractivity contribution is 6.33. The molecule has 40 heavy (non-hydrogen) atoms. The van der Waals surface area contributed by atoms with Gasteiger partial charge in [-0.15, -0.1) is 0 Å². The number of carbonyl (C=O) groups excluding carboxylic acids is 2. The maximum absolute atomic E-state index is 13.2. The Morgan fingerprint density at radius 1 is 0.625 bits per heavy atom. The lowest BCUT2D eigenvalue weighted by atomic mass is 9.82. The van der Waals surface area contributed by atoms with E-state index in [4.69, 9.17) is 0 Å². The van der Waals surface area contributed by atoms with Crippen LogP contribution in [-0.4, -0.2) is 19.2 Å². The molecule has 4 nitrogen and oxygen atoms in total. The number of fused-ring (bicyclic) bond motifs is 3. The number of amides is 1. The second-order valence-electron chi connectivity index (χ2n) is 10.7. The summed E-state index contributed by atoms with van der Waals surface area (Å²) in [6.07, 6.45) is 0.387. The summed E-state index contributed by atoms with van der Waals surface area (Å²) in [6, 6.07) is 40.8. The van der Waals surface area contributed by atoms with Gasteiger partial charge in [-0.05, 0) is 69.8 Å². The van der Waals surface area contributed by atoms with E-state index < -0.39 is 5.91 Å². The minimum absolute atomic E-state index is 0.228. The summed E-state index contributed by atoms with van der Waals surface area (Å²) in [5.41, 5.74) is 9.91. The molecule has 0 aliphatic heterocycles. The van der Waals surface area contributed by atoms with Crippen LogP contribution in [0.4, 0.5) is 22.7 Å². The number of rotatable bonds is 6. The Labute approximate surface area is 235 Å². The van der Waals surface area contributed by atoms with Crippen molar-refractivity contribution in [3.05, 3.63) is 132 Å². The molecule has 196 valence electrons. The van der Waals surface area contributed by atoms with Gasteiger partial charge in [0.15, 0.2) is 0 Å². The highest BCUT2D eigenvalue weighted by atomic mass is 16.2. The van der Waals surface area contributed by atoms with Crippen molar-refractivity contribution in [3.63, 3.8) is 0 Å². The van der Waals surface area contributed by atoms with Gasteiger partial charge in [-0.25, -0.2) is 0 Å². The van der Waals surface area contributed by atoms with Crippen LogP contribution in [-0.2, 0) is 15.0 Å². The molecule has 5 aromatic carbocycles. The zero-order valence-corrected chi connectivity index (χ0v) is 22.8. The number of carbonyl (C=O) groups is 2. The van der Waals surface area contributed by atoms with E-state index in [0.29, 0.717) is 17.7 Å².